The van der Waals surface area contributed by atoms with Gasteiger partial charge in [0.05, 0.1) is 17.0 Å². The van der Waals surface area contributed by atoms with Gasteiger partial charge in [-0.15, -0.1) is 0 Å². The highest BCUT2D eigenvalue weighted by Gasteiger charge is 2.28. The molecule has 6 nitrogen and oxygen atoms in total. The Bertz CT molecular complexity index is 947. The quantitative estimate of drug-likeness (QED) is 0.893. The molecule has 1 unspecified atom stereocenters. The molecule has 1 fully saturated rings. The maximum Gasteiger partial charge on any atom is 0.253 e. The van der Waals surface area contributed by atoms with Crippen molar-refractivity contribution in [2.24, 2.45) is 0 Å². The SMILES string of the molecule is Cc1cc2ccccc2n(CCC(=O)NC2CCS(=O)(=O)C2)c1=O. The normalized spacial score (nSPS) is 19.5. The topological polar surface area (TPSA) is 85.2 Å². The average molecular weight is 348 g/mol. The van der Waals surface area contributed by atoms with Crippen molar-refractivity contribution in [2.45, 2.75) is 32.4 Å². The van der Waals surface area contributed by atoms with E-state index in [0.29, 0.717) is 12.0 Å². The minimum absolute atomic E-state index is 0.00602. The van der Waals surface area contributed by atoms with E-state index in [9.17, 15) is 18.0 Å². The number of nitrogens with zero attached hydrogens (tertiary/aromatic N) is 1. The van der Waals surface area contributed by atoms with E-state index in [2.05, 4.69) is 5.32 Å². The number of nitrogens with one attached hydrogen (secondary N) is 1. The number of para-hydroxylation sites is 1. The molecule has 1 amide bonds. The van der Waals surface area contributed by atoms with Crippen LogP contribution in [-0.2, 0) is 21.2 Å². The number of pyridine rings is 1. The molecular weight excluding hydrogens is 328 g/mol. The Hall–Kier alpha value is -2.15. The van der Waals surface area contributed by atoms with E-state index in [4.69, 9.17) is 0 Å². The van der Waals surface area contributed by atoms with E-state index in [-0.39, 0.29) is 42.0 Å². The van der Waals surface area contributed by atoms with Crippen LogP contribution in [0.4, 0.5) is 0 Å². The molecule has 1 N–H and O–H groups in total. The predicted molar refractivity (Wildman–Crippen MR) is 92.8 cm³/mol. The van der Waals surface area contributed by atoms with Gasteiger partial charge in [0.2, 0.25) is 5.91 Å². The molecule has 2 aromatic rings. The van der Waals surface area contributed by atoms with Crippen LogP contribution in [0.5, 0.6) is 0 Å². The van der Waals surface area contributed by atoms with Gasteiger partial charge >= 0.3 is 0 Å². The fourth-order valence-electron chi connectivity index (χ4n) is 3.12. The molecule has 1 aromatic carbocycles. The number of amides is 1. The molecule has 1 atom stereocenters. The first-order chi connectivity index (χ1) is 11.4. The Kier molecular flexibility index (Phi) is 4.45. The second-order valence-corrected chi connectivity index (χ2v) is 8.49. The first kappa shape index (κ1) is 16.7. The highest BCUT2D eigenvalue weighted by molar-refractivity contribution is 7.91. The molecule has 1 saturated heterocycles. The van der Waals surface area contributed by atoms with Crippen LogP contribution in [0.15, 0.2) is 35.1 Å². The lowest BCUT2D eigenvalue weighted by atomic mass is 10.1. The molecule has 128 valence electrons. The van der Waals surface area contributed by atoms with Crippen LogP contribution in [0.25, 0.3) is 10.9 Å². The third-order valence-corrected chi connectivity index (χ3v) is 6.11. The number of carbonyl (C=O) groups excluding carboxylic acids is 1. The van der Waals surface area contributed by atoms with Gasteiger partial charge in [-0.25, -0.2) is 8.42 Å². The summed E-state index contributed by atoms with van der Waals surface area (Å²) < 4.78 is 24.5. The molecular formula is C17H20N2O4S. The first-order valence-electron chi connectivity index (χ1n) is 7.95. The maximum absolute atomic E-state index is 12.4. The largest absolute Gasteiger partial charge is 0.352 e. The lowest BCUT2D eigenvalue weighted by Gasteiger charge is -2.13. The fraction of sp³-hybridized carbons (Fsp3) is 0.412. The minimum atomic E-state index is -3.02. The second kappa shape index (κ2) is 6.39. The molecule has 0 aliphatic carbocycles. The third-order valence-electron chi connectivity index (χ3n) is 4.34. The van der Waals surface area contributed by atoms with Crippen molar-refractivity contribution in [1.29, 1.82) is 0 Å². The van der Waals surface area contributed by atoms with Crippen molar-refractivity contribution in [1.82, 2.24) is 9.88 Å². The highest BCUT2D eigenvalue weighted by Crippen LogP contribution is 2.14. The number of aryl methyl sites for hydroxylation is 2. The average Bonchev–Trinajstić information content (AvgIpc) is 2.86. The zero-order valence-corrected chi connectivity index (χ0v) is 14.3. The van der Waals surface area contributed by atoms with Crippen LogP contribution in [0.2, 0.25) is 0 Å². The molecule has 2 heterocycles. The van der Waals surface area contributed by atoms with Crippen LogP contribution >= 0.6 is 0 Å². The third kappa shape index (κ3) is 3.51. The molecule has 1 aliphatic heterocycles. The number of hydrogen-bond acceptors (Lipinski definition) is 4. The van der Waals surface area contributed by atoms with Crippen molar-refractivity contribution in [3.63, 3.8) is 0 Å². The van der Waals surface area contributed by atoms with E-state index < -0.39 is 9.84 Å². The number of aromatic nitrogens is 1. The van der Waals surface area contributed by atoms with E-state index >= 15 is 0 Å². The van der Waals surface area contributed by atoms with Gasteiger partial charge in [0.15, 0.2) is 9.84 Å². The molecule has 24 heavy (non-hydrogen) atoms. The Morgan fingerprint density at radius 3 is 2.79 bits per heavy atom. The first-order valence-corrected chi connectivity index (χ1v) is 9.77. The number of hydrogen-bond donors (Lipinski definition) is 1. The van der Waals surface area contributed by atoms with Gasteiger partial charge < -0.3 is 9.88 Å². The maximum atomic E-state index is 12.4. The fourth-order valence-corrected chi connectivity index (χ4v) is 4.79. The van der Waals surface area contributed by atoms with Crippen molar-refractivity contribution < 1.29 is 13.2 Å². The second-order valence-electron chi connectivity index (χ2n) is 6.26. The summed E-state index contributed by atoms with van der Waals surface area (Å²) in [5.74, 6) is -0.0963. The zero-order valence-electron chi connectivity index (χ0n) is 13.5. The van der Waals surface area contributed by atoms with Crippen molar-refractivity contribution >= 4 is 26.6 Å². The van der Waals surface area contributed by atoms with Crippen LogP contribution in [-0.4, -0.2) is 36.4 Å². The number of benzene rings is 1. The van der Waals surface area contributed by atoms with Gasteiger partial charge in [-0.05, 0) is 30.9 Å². The van der Waals surface area contributed by atoms with Crippen LogP contribution in [0.1, 0.15) is 18.4 Å². The van der Waals surface area contributed by atoms with E-state index in [0.717, 1.165) is 10.9 Å². The van der Waals surface area contributed by atoms with E-state index in [1.165, 1.54) is 0 Å². The lowest BCUT2D eigenvalue weighted by molar-refractivity contribution is -0.121. The van der Waals surface area contributed by atoms with E-state index in [1.807, 2.05) is 30.3 Å². The summed E-state index contributed by atoms with van der Waals surface area (Å²) in [7, 11) is -3.02. The highest BCUT2D eigenvalue weighted by atomic mass is 32.2. The van der Waals surface area contributed by atoms with Crippen LogP contribution in [0, 0.1) is 6.92 Å². The molecule has 0 saturated carbocycles. The molecule has 7 heteroatoms. The minimum Gasteiger partial charge on any atom is -0.352 e. The van der Waals surface area contributed by atoms with Gasteiger partial charge in [-0.1, -0.05) is 18.2 Å². The summed E-state index contributed by atoms with van der Waals surface area (Å²) in [4.78, 5) is 24.5. The summed E-state index contributed by atoms with van der Waals surface area (Å²) >= 11 is 0. The molecule has 0 bridgehead atoms. The number of sulfone groups is 1. The molecule has 1 aliphatic rings. The van der Waals surface area contributed by atoms with Crippen molar-refractivity contribution in [2.75, 3.05) is 11.5 Å². The van der Waals surface area contributed by atoms with Gasteiger partial charge in [-0.3, -0.25) is 9.59 Å². The molecule has 0 radical (unpaired) electrons. The monoisotopic (exact) mass is 348 g/mol. The predicted octanol–water partition coefficient (Wildman–Crippen LogP) is 1.00. The number of rotatable bonds is 4. The Labute approximate surface area is 140 Å². The standard InChI is InChI=1S/C17H20N2O4S/c1-12-10-13-4-2-3-5-15(13)19(17(12)21)8-6-16(20)18-14-7-9-24(22,23)11-14/h2-5,10,14H,6-9,11H2,1H3,(H,18,20). The molecule has 3 rings (SSSR count). The van der Waals surface area contributed by atoms with Crippen LogP contribution in [0.3, 0.4) is 0 Å². The summed E-state index contributed by atoms with van der Waals surface area (Å²) in [6, 6.07) is 9.09. The van der Waals surface area contributed by atoms with Gasteiger partial charge in [0.1, 0.15) is 0 Å². The Morgan fingerprint density at radius 2 is 2.08 bits per heavy atom. The molecule has 1 aromatic heterocycles. The van der Waals surface area contributed by atoms with Gasteiger partial charge in [0.25, 0.3) is 5.56 Å². The van der Waals surface area contributed by atoms with Crippen molar-refractivity contribution in [3.05, 3.63) is 46.2 Å². The Balaban J connectivity index is 1.73. The lowest BCUT2D eigenvalue weighted by Crippen LogP contribution is -2.36. The van der Waals surface area contributed by atoms with Crippen molar-refractivity contribution in [3.8, 4) is 0 Å². The zero-order chi connectivity index (χ0) is 17.3. The summed E-state index contributed by atoms with van der Waals surface area (Å²) in [5, 5.41) is 3.71. The summed E-state index contributed by atoms with van der Waals surface area (Å²) in [6.45, 7) is 2.03. The van der Waals surface area contributed by atoms with Crippen LogP contribution < -0.4 is 10.9 Å². The van der Waals surface area contributed by atoms with Gasteiger partial charge in [-0.2, -0.15) is 0 Å². The Morgan fingerprint density at radius 1 is 1.33 bits per heavy atom. The summed E-state index contributed by atoms with van der Waals surface area (Å²) in [6.07, 6.45) is 0.602. The number of carbonyl (C=O) groups is 1. The molecule has 0 spiro atoms. The summed E-state index contributed by atoms with van der Waals surface area (Å²) in [5.41, 5.74) is 1.32. The van der Waals surface area contributed by atoms with E-state index in [1.54, 1.807) is 11.5 Å². The van der Waals surface area contributed by atoms with Gasteiger partial charge in [0, 0.05) is 24.6 Å². The smallest absolute Gasteiger partial charge is 0.253 e. The number of fused-ring (bicyclic) bond motifs is 1.